The zero-order valence-electron chi connectivity index (χ0n) is 15.2. The number of aliphatic hydroxyl groups excluding tert-OH is 1. The lowest BCUT2D eigenvalue weighted by molar-refractivity contribution is -0.0944. The molecule has 0 saturated carbocycles. The van der Waals surface area contributed by atoms with Crippen molar-refractivity contribution in [1.82, 2.24) is 5.01 Å². The monoisotopic (exact) mass is 424 g/mol. The van der Waals surface area contributed by atoms with Crippen molar-refractivity contribution in [3.8, 4) is 5.75 Å². The minimum absolute atomic E-state index is 0.102. The van der Waals surface area contributed by atoms with Gasteiger partial charge in [-0.05, 0) is 37.1 Å². The highest BCUT2D eigenvalue weighted by molar-refractivity contribution is 9.10. The molecule has 2 heterocycles. The molecule has 3 aliphatic rings. The Hall–Kier alpha value is -2.27. The van der Waals surface area contributed by atoms with Gasteiger partial charge >= 0.3 is 0 Å². The van der Waals surface area contributed by atoms with E-state index in [4.69, 9.17) is 9.84 Å². The molecule has 0 aromatic heterocycles. The minimum atomic E-state index is -0.708. The van der Waals surface area contributed by atoms with E-state index >= 15 is 0 Å². The fourth-order valence-electron chi connectivity index (χ4n) is 4.32. The highest BCUT2D eigenvalue weighted by atomic mass is 79.9. The van der Waals surface area contributed by atoms with E-state index in [9.17, 15) is 5.11 Å². The molecular weight excluding hydrogens is 404 g/mol. The fraction of sp³-hybridized carbons (Fsp3) is 0.318. The largest absolute Gasteiger partial charge is 0.512 e. The number of aryl methyl sites for hydroxylation is 1. The first-order chi connectivity index (χ1) is 13.0. The van der Waals surface area contributed by atoms with Crippen molar-refractivity contribution in [1.29, 1.82) is 0 Å². The maximum Gasteiger partial charge on any atom is 0.220 e. The molecule has 2 aromatic rings. The van der Waals surface area contributed by atoms with Crippen molar-refractivity contribution in [2.45, 2.75) is 44.4 Å². The molecule has 0 saturated heterocycles. The molecule has 138 valence electrons. The molecule has 2 aromatic carbocycles. The lowest BCUT2D eigenvalue weighted by Gasteiger charge is -2.47. The number of hydrogen-bond donors (Lipinski definition) is 1. The van der Waals surface area contributed by atoms with E-state index in [2.05, 4.69) is 58.2 Å². The lowest BCUT2D eigenvalue weighted by atomic mass is 9.90. The molecule has 0 bridgehead atoms. The number of halogens is 1. The van der Waals surface area contributed by atoms with Gasteiger partial charge in [-0.2, -0.15) is 5.10 Å². The van der Waals surface area contributed by atoms with Crippen LogP contribution in [0.3, 0.4) is 0 Å². The number of hydrogen-bond acceptors (Lipinski definition) is 4. The van der Waals surface area contributed by atoms with E-state index in [0.29, 0.717) is 12.2 Å². The van der Waals surface area contributed by atoms with Gasteiger partial charge in [-0.15, -0.1) is 0 Å². The van der Waals surface area contributed by atoms with Crippen molar-refractivity contribution in [2.75, 3.05) is 0 Å². The minimum Gasteiger partial charge on any atom is -0.512 e. The summed E-state index contributed by atoms with van der Waals surface area (Å²) in [5.74, 6) is 1.27. The second-order valence-electron chi connectivity index (χ2n) is 7.60. The molecule has 4 nitrogen and oxygen atoms in total. The number of allylic oxidation sites excluding steroid dienone is 1. The number of ether oxygens (including phenoxy) is 1. The zero-order valence-corrected chi connectivity index (χ0v) is 16.7. The first-order valence-electron chi connectivity index (χ1n) is 9.37. The predicted octanol–water partition coefficient (Wildman–Crippen LogP) is 5.62. The summed E-state index contributed by atoms with van der Waals surface area (Å²) in [6.07, 6.45) is 5.08. The molecule has 1 aliphatic carbocycles. The Labute approximate surface area is 167 Å². The average Bonchev–Trinajstić information content (AvgIpc) is 3.10. The van der Waals surface area contributed by atoms with Crippen LogP contribution in [0.4, 0.5) is 0 Å². The maximum absolute atomic E-state index is 10.3. The molecule has 0 radical (unpaired) electrons. The van der Waals surface area contributed by atoms with E-state index in [0.717, 1.165) is 46.3 Å². The summed E-state index contributed by atoms with van der Waals surface area (Å²) in [5.41, 5.74) is 3.88. The first kappa shape index (κ1) is 16.9. The molecule has 5 rings (SSSR count). The summed E-state index contributed by atoms with van der Waals surface area (Å²) in [6, 6.07) is 14.8. The summed E-state index contributed by atoms with van der Waals surface area (Å²) in [6.45, 7) is 2.09. The van der Waals surface area contributed by atoms with Crippen LogP contribution >= 0.6 is 15.9 Å². The summed E-state index contributed by atoms with van der Waals surface area (Å²) in [4.78, 5) is 0. The van der Waals surface area contributed by atoms with Gasteiger partial charge in [-0.1, -0.05) is 45.8 Å². The third-order valence-electron chi connectivity index (χ3n) is 5.66. The van der Waals surface area contributed by atoms with E-state index in [1.807, 2.05) is 18.2 Å². The molecule has 0 unspecified atom stereocenters. The van der Waals surface area contributed by atoms with Crippen LogP contribution in [-0.2, 0) is 0 Å². The van der Waals surface area contributed by atoms with Crippen molar-refractivity contribution in [3.05, 3.63) is 75.5 Å². The van der Waals surface area contributed by atoms with Gasteiger partial charge < -0.3 is 9.84 Å². The maximum atomic E-state index is 10.3. The normalized spacial score (nSPS) is 26.1. The summed E-state index contributed by atoms with van der Waals surface area (Å²) in [7, 11) is 0. The summed E-state index contributed by atoms with van der Waals surface area (Å²) < 4.78 is 7.50. The van der Waals surface area contributed by atoms with Gasteiger partial charge in [0.1, 0.15) is 5.75 Å². The van der Waals surface area contributed by atoms with E-state index in [1.165, 1.54) is 5.56 Å². The Morgan fingerprint density at radius 2 is 2.04 bits per heavy atom. The number of nitrogens with zero attached hydrogens (tertiary/aromatic N) is 2. The molecular formula is C22H21BrN2O2. The van der Waals surface area contributed by atoms with E-state index in [-0.39, 0.29) is 6.04 Å². The highest BCUT2D eigenvalue weighted by Crippen LogP contribution is 2.50. The van der Waals surface area contributed by atoms with Gasteiger partial charge in [0.25, 0.3) is 0 Å². The molecule has 1 spiro atoms. The van der Waals surface area contributed by atoms with Gasteiger partial charge in [0.2, 0.25) is 5.72 Å². The number of hydrazone groups is 1. The van der Waals surface area contributed by atoms with Crippen LogP contribution in [0.2, 0.25) is 0 Å². The Morgan fingerprint density at radius 3 is 2.81 bits per heavy atom. The van der Waals surface area contributed by atoms with Crippen LogP contribution in [-0.4, -0.2) is 21.6 Å². The predicted molar refractivity (Wildman–Crippen MR) is 109 cm³/mol. The number of aliphatic hydroxyl groups is 1. The van der Waals surface area contributed by atoms with Crippen LogP contribution in [0.15, 0.2) is 63.9 Å². The number of rotatable bonds is 1. The van der Waals surface area contributed by atoms with Crippen LogP contribution in [0, 0.1) is 6.92 Å². The van der Waals surface area contributed by atoms with Crippen molar-refractivity contribution < 1.29 is 9.84 Å². The van der Waals surface area contributed by atoms with Crippen molar-refractivity contribution in [3.63, 3.8) is 0 Å². The third-order valence-corrected chi connectivity index (χ3v) is 6.15. The Morgan fingerprint density at radius 1 is 1.22 bits per heavy atom. The summed E-state index contributed by atoms with van der Waals surface area (Å²) >= 11 is 3.59. The van der Waals surface area contributed by atoms with Crippen molar-refractivity contribution >= 4 is 21.6 Å². The second kappa shape index (κ2) is 6.13. The summed E-state index contributed by atoms with van der Waals surface area (Å²) in [5, 5.41) is 17.3. The first-order valence-corrected chi connectivity index (χ1v) is 10.2. The second-order valence-corrected chi connectivity index (χ2v) is 8.51. The van der Waals surface area contributed by atoms with Gasteiger partial charge in [0.05, 0.1) is 17.5 Å². The Balaban J connectivity index is 1.64. The highest BCUT2D eigenvalue weighted by Gasteiger charge is 2.50. The fourth-order valence-corrected chi connectivity index (χ4v) is 4.70. The third kappa shape index (κ3) is 2.76. The van der Waals surface area contributed by atoms with Crippen molar-refractivity contribution in [2.24, 2.45) is 5.10 Å². The topological polar surface area (TPSA) is 45.1 Å². The van der Waals surface area contributed by atoms with Gasteiger partial charge in [0, 0.05) is 35.4 Å². The van der Waals surface area contributed by atoms with Gasteiger partial charge in [-0.3, -0.25) is 0 Å². The van der Waals surface area contributed by atoms with Crippen LogP contribution < -0.4 is 4.74 Å². The van der Waals surface area contributed by atoms with E-state index < -0.39 is 5.72 Å². The lowest BCUT2D eigenvalue weighted by Crippen LogP contribution is -2.53. The zero-order chi connectivity index (χ0) is 18.6. The SMILES string of the molecule is Cc1ccc(C2=NN3[C@@H](C2)c2cc(Br)ccc2O[C@@]32C=C(O)CCC2)cc1. The quantitative estimate of drug-likeness (QED) is 0.645. The molecule has 0 fully saturated rings. The van der Waals surface area contributed by atoms with Crippen LogP contribution in [0.5, 0.6) is 5.75 Å². The molecule has 27 heavy (non-hydrogen) atoms. The van der Waals surface area contributed by atoms with Crippen LogP contribution in [0.25, 0.3) is 0 Å². The van der Waals surface area contributed by atoms with Gasteiger partial charge in [-0.25, -0.2) is 5.01 Å². The van der Waals surface area contributed by atoms with E-state index in [1.54, 1.807) is 0 Å². The molecule has 1 N–H and O–H groups in total. The molecule has 2 atom stereocenters. The van der Waals surface area contributed by atoms with Gasteiger partial charge in [0.15, 0.2) is 0 Å². The average molecular weight is 425 g/mol. The number of benzene rings is 2. The smallest absolute Gasteiger partial charge is 0.220 e. The molecule has 5 heteroatoms. The standard InChI is InChI=1S/C22H21BrN2O2/c1-14-4-6-15(7-5-14)19-12-20-18-11-16(23)8-9-21(18)27-22(25(20)24-19)10-2-3-17(26)13-22/h4-9,11,13,20,26H,2-3,10,12H2,1H3/t20-,22-/m0/s1. The number of fused-ring (bicyclic) bond motifs is 4. The Kier molecular flexibility index (Phi) is 3.83. The molecule has 2 aliphatic heterocycles. The molecule has 0 amide bonds. The van der Waals surface area contributed by atoms with Crippen LogP contribution in [0.1, 0.15) is 48.4 Å². The Bertz CT molecular complexity index is 967.